The van der Waals surface area contributed by atoms with Crippen LogP contribution in [0.3, 0.4) is 0 Å². The number of nitrogens with two attached hydrogens (primary N) is 2. The van der Waals surface area contributed by atoms with Crippen LogP contribution in [0.5, 0.6) is 0 Å². The van der Waals surface area contributed by atoms with Gasteiger partial charge in [-0.1, -0.05) is 0 Å². The minimum absolute atomic E-state index is 0.172. The lowest BCUT2D eigenvalue weighted by atomic mass is 9.85. The average molecular weight is 262 g/mol. The largest absolute Gasteiger partial charge is 0.383 e. The summed E-state index contributed by atoms with van der Waals surface area (Å²) in [6.07, 6.45) is 2.48. The molecule has 0 aliphatic carbocycles. The van der Waals surface area contributed by atoms with E-state index in [-0.39, 0.29) is 11.9 Å². The maximum Gasteiger partial charge on any atom is 0.223 e. The second-order valence-corrected chi connectivity index (χ2v) is 5.22. The van der Waals surface area contributed by atoms with E-state index in [0.29, 0.717) is 24.2 Å². The number of nitrogens with zero attached hydrogens (tertiary/aromatic N) is 3. The fourth-order valence-corrected chi connectivity index (χ4v) is 2.95. The molecule has 7 nitrogen and oxygen atoms in total. The summed E-state index contributed by atoms with van der Waals surface area (Å²) in [7, 11) is 0. The quantitative estimate of drug-likeness (QED) is 0.643. The number of fused-ring (bicyclic) bond motifs is 1. The molecule has 0 bridgehead atoms. The number of anilines is 3. The van der Waals surface area contributed by atoms with Crippen molar-refractivity contribution >= 4 is 23.5 Å². The van der Waals surface area contributed by atoms with Gasteiger partial charge in [-0.2, -0.15) is 9.97 Å². The first-order valence-corrected chi connectivity index (χ1v) is 6.56. The van der Waals surface area contributed by atoms with Gasteiger partial charge in [-0.15, -0.1) is 0 Å². The summed E-state index contributed by atoms with van der Waals surface area (Å²) >= 11 is 0. The number of piperidine rings is 2. The number of nitrogens with one attached hydrogen (secondary N) is 1. The van der Waals surface area contributed by atoms with Gasteiger partial charge in [-0.05, 0) is 18.8 Å². The molecule has 0 radical (unpaired) electrons. The van der Waals surface area contributed by atoms with Gasteiger partial charge in [0.25, 0.3) is 0 Å². The van der Waals surface area contributed by atoms with Crippen LogP contribution in [-0.2, 0) is 4.79 Å². The van der Waals surface area contributed by atoms with Gasteiger partial charge >= 0.3 is 0 Å². The fourth-order valence-electron chi connectivity index (χ4n) is 2.95. The van der Waals surface area contributed by atoms with E-state index in [4.69, 9.17) is 11.5 Å². The lowest BCUT2D eigenvalue weighted by Gasteiger charge is -2.41. The second-order valence-electron chi connectivity index (χ2n) is 5.22. The Morgan fingerprint density at radius 2 is 2.16 bits per heavy atom. The molecule has 2 aliphatic rings. The Labute approximate surface area is 111 Å². The third-order valence-corrected chi connectivity index (χ3v) is 3.90. The number of aromatic nitrogens is 2. The molecule has 2 saturated heterocycles. The molecule has 3 rings (SSSR count). The molecular weight excluding hydrogens is 244 g/mol. The van der Waals surface area contributed by atoms with Crippen molar-refractivity contribution in [1.82, 2.24) is 15.3 Å². The van der Waals surface area contributed by atoms with E-state index in [2.05, 4.69) is 20.2 Å². The molecule has 1 aromatic rings. The van der Waals surface area contributed by atoms with E-state index in [1.54, 1.807) is 6.07 Å². The van der Waals surface area contributed by atoms with Gasteiger partial charge in [-0.25, -0.2) is 0 Å². The number of rotatable bonds is 1. The number of carbonyl (C=O) groups excluding carboxylic acids is 1. The Hall–Kier alpha value is -2.05. The Kier molecular flexibility index (Phi) is 2.88. The van der Waals surface area contributed by atoms with Crippen molar-refractivity contribution in [2.24, 2.45) is 5.92 Å². The summed E-state index contributed by atoms with van der Waals surface area (Å²) in [6.45, 7) is 1.72. The van der Waals surface area contributed by atoms with Crippen LogP contribution in [-0.4, -0.2) is 35.0 Å². The van der Waals surface area contributed by atoms with Crippen molar-refractivity contribution in [2.45, 2.75) is 25.3 Å². The number of nitrogen functional groups attached to an aromatic ring is 2. The average Bonchev–Trinajstić information content (AvgIpc) is 2.37. The van der Waals surface area contributed by atoms with E-state index >= 15 is 0 Å². The van der Waals surface area contributed by atoms with Crippen molar-refractivity contribution < 1.29 is 4.79 Å². The minimum Gasteiger partial charge on any atom is -0.383 e. The molecule has 0 spiro atoms. The third kappa shape index (κ3) is 2.40. The van der Waals surface area contributed by atoms with Crippen molar-refractivity contribution in [3.8, 4) is 0 Å². The maximum atomic E-state index is 11.4. The van der Waals surface area contributed by atoms with Crippen LogP contribution in [0.2, 0.25) is 0 Å². The standard InChI is InChI=1S/C12H18N6O/c13-9-5-10(17-12(14)16-9)18-4-3-8-7(6-18)1-2-11(19)15-8/h5,7-8H,1-4,6H2,(H,15,19)(H4,13,14,16,17). The molecular formula is C12H18N6O. The number of hydrogen-bond donors (Lipinski definition) is 3. The highest BCUT2D eigenvalue weighted by atomic mass is 16.1. The molecule has 5 N–H and O–H groups in total. The number of hydrogen-bond acceptors (Lipinski definition) is 6. The first-order valence-electron chi connectivity index (χ1n) is 6.56. The molecule has 2 atom stereocenters. The normalized spacial score (nSPS) is 26.7. The topological polar surface area (TPSA) is 110 Å². The van der Waals surface area contributed by atoms with E-state index in [1.807, 2.05) is 0 Å². The third-order valence-electron chi connectivity index (χ3n) is 3.90. The van der Waals surface area contributed by atoms with E-state index < -0.39 is 0 Å². The summed E-state index contributed by atoms with van der Waals surface area (Å²) < 4.78 is 0. The van der Waals surface area contributed by atoms with E-state index in [1.165, 1.54) is 0 Å². The van der Waals surface area contributed by atoms with Crippen molar-refractivity contribution in [3.63, 3.8) is 0 Å². The number of carbonyl (C=O) groups is 1. The molecule has 1 amide bonds. The molecule has 2 fully saturated rings. The van der Waals surface area contributed by atoms with E-state index in [0.717, 1.165) is 31.7 Å². The lowest BCUT2D eigenvalue weighted by molar-refractivity contribution is -0.124. The van der Waals surface area contributed by atoms with Gasteiger partial charge in [0.05, 0.1) is 0 Å². The van der Waals surface area contributed by atoms with Crippen LogP contribution in [0.25, 0.3) is 0 Å². The van der Waals surface area contributed by atoms with Crippen LogP contribution in [0.4, 0.5) is 17.6 Å². The van der Waals surface area contributed by atoms with Gasteiger partial charge in [0.1, 0.15) is 11.6 Å². The highest BCUT2D eigenvalue weighted by Gasteiger charge is 2.34. The molecule has 7 heteroatoms. The zero-order valence-electron chi connectivity index (χ0n) is 10.7. The van der Waals surface area contributed by atoms with Gasteiger partial charge in [0.15, 0.2) is 0 Å². The van der Waals surface area contributed by atoms with Crippen molar-refractivity contribution in [3.05, 3.63) is 6.07 Å². The monoisotopic (exact) mass is 262 g/mol. The molecule has 1 aromatic heterocycles. The Balaban J connectivity index is 1.75. The smallest absolute Gasteiger partial charge is 0.223 e. The van der Waals surface area contributed by atoms with Crippen molar-refractivity contribution in [2.75, 3.05) is 29.5 Å². The summed E-state index contributed by atoms with van der Waals surface area (Å²) in [5.41, 5.74) is 11.3. The summed E-state index contributed by atoms with van der Waals surface area (Å²) in [4.78, 5) is 21.7. The molecule has 2 aliphatic heterocycles. The first kappa shape index (κ1) is 12.0. The predicted octanol–water partition coefficient (Wildman–Crippen LogP) is -0.254. The SMILES string of the molecule is Nc1cc(N2CCC3NC(=O)CCC3C2)nc(N)n1. The molecule has 3 heterocycles. The zero-order valence-corrected chi connectivity index (χ0v) is 10.7. The minimum atomic E-state index is 0.172. The Morgan fingerprint density at radius 3 is 2.95 bits per heavy atom. The molecule has 0 saturated carbocycles. The summed E-state index contributed by atoms with van der Waals surface area (Å²) in [5, 5.41) is 3.07. The van der Waals surface area contributed by atoms with Crippen LogP contribution in [0.15, 0.2) is 6.07 Å². The highest BCUT2D eigenvalue weighted by Crippen LogP contribution is 2.28. The number of amides is 1. The molecule has 19 heavy (non-hydrogen) atoms. The van der Waals surface area contributed by atoms with Gasteiger partial charge in [0, 0.05) is 31.6 Å². The molecule has 2 unspecified atom stereocenters. The van der Waals surface area contributed by atoms with Crippen LogP contribution < -0.4 is 21.7 Å². The van der Waals surface area contributed by atoms with Crippen LogP contribution in [0.1, 0.15) is 19.3 Å². The second kappa shape index (κ2) is 4.56. The predicted molar refractivity (Wildman–Crippen MR) is 72.3 cm³/mol. The van der Waals surface area contributed by atoms with Crippen LogP contribution >= 0.6 is 0 Å². The highest BCUT2D eigenvalue weighted by molar-refractivity contribution is 5.77. The van der Waals surface area contributed by atoms with Crippen molar-refractivity contribution in [1.29, 1.82) is 0 Å². The van der Waals surface area contributed by atoms with Gasteiger partial charge in [0.2, 0.25) is 11.9 Å². The lowest BCUT2D eigenvalue weighted by Crippen LogP contribution is -2.54. The first-order chi connectivity index (χ1) is 9.11. The molecule has 102 valence electrons. The maximum absolute atomic E-state index is 11.4. The Bertz CT molecular complexity index is 485. The summed E-state index contributed by atoms with van der Waals surface area (Å²) in [5.74, 6) is 2.02. The molecule has 0 aromatic carbocycles. The van der Waals surface area contributed by atoms with Gasteiger partial charge < -0.3 is 21.7 Å². The van der Waals surface area contributed by atoms with E-state index in [9.17, 15) is 4.79 Å². The van der Waals surface area contributed by atoms with Crippen LogP contribution in [0, 0.1) is 5.92 Å². The zero-order chi connectivity index (χ0) is 13.4. The van der Waals surface area contributed by atoms with Gasteiger partial charge in [-0.3, -0.25) is 4.79 Å². The summed E-state index contributed by atoms with van der Waals surface area (Å²) in [6, 6.07) is 2.05. The Morgan fingerprint density at radius 1 is 1.32 bits per heavy atom. The fraction of sp³-hybridized carbons (Fsp3) is 0.583.